The van der Waals surface area contributed by atoms with Crippen LogP contribution >= 0.6 is 0 Å². The molecule has 3 rings (SSSR count). The molecule has 0 atom stereocenters. The Morgan fingerprint density at radius 3 is 1.38 bits per heavy atom. The van der Waals surface area contributed by atoms with Gasteiger partial charge in [0.05, 0.1) is 11.1 Å². The lowest BCUT2D eigenvalue weighted by atomic mass is 9.84. The molecule has 0 bridgehead atoms. The van der Waals surface area contributed by atoms with Crippen molar-refractivity contribution in [2.75, 3.05) is 0 Å². The van der Waals surface area contributed by atoms with Gasteiger partial charge in [-0.15, -0.1) is 0 Å². The fourth-order valence-corrected chi connectivity index (χ4v) is 3.78. The van der Waals surface area contributed by atoms with Crippen LogP contribution in [0.1, 0.15) is 74.1 Å². The number of hydrogen-bond donors (Lipinski definition) is 2. The summed E-state index contributed by atoms with van der Waals surface area (Å²) >= 11 is 0. The number of Topliss-reactive ketones (excluding diaryl/α,β-unsaturated/α-hetero) is 2. The van der Waals surface area contributed by atoms with Crippen LogP contribution in [0.25, 0.3) is 21.9 Å². The van der Waals surface area contributed by atoms with Gasteiger partial charge in [0.2, 0.25) is 0 Å². The van der Waals surface area contributed by atoms with E-state index in [1.165, 1.54) is 0 Å². The van der Waals surface area contributed by atoms with Crippen LogP contribution in [0.2, 0.25) is 0 Å². The standard InChI is InChI=1S/C24H30N2O3/c1-5-23(25,6-2)21(27)15-9-11-19-17(13-15)18-14-16(10-12-20(18)29-19)22(28)24(26,7-3)8-4/h9-14H,5-8,25-26H2,1-4H3. The Morgan fingerprint density at radius 2 is 1.07 bits per heavy atom. The van der Waals surface area contributed by atoms with Crippen molar-refractivity contribution < 1.29 is 14.0 Å². The predicted octanol–water partition coefficient (Wildman–Crippen LogP) is 4.99. The Bertz CT molecular complexity index is 988. The Labute approximate surface area is 171 Å². The number of rotatable bonds is 8. The molecule has 0 fully saturated rings. The third-order valence-corrected chi connectivity index (χ3v) is 6.42. The van der Waals surface area contributed by atoms with E-state index >= 15 is 0 Å². The van der Waals surface area contributed by atoms with Crippen LogP contribution in [0, 0.1) is 0 Å². The summed E-state index contributed by atoms with van der Waals surface area (Å²) in [5.41, 5.74) is 13.3. The minimum absolute atomic E-state index is 0.0797. The SMILES string of the molecule is CCC(N)(CC)C(=O)c1ccc2oc3ccc(C(=O)C(N)(CC)CC)cc3c2c1. The van der Waals surface area contributed by atoms with Crippen LogP contribution in [-0.4, -0.2) is 22.6 Å². The van der Waals surface area contributed by atoms with Crippen LogP contribution in [-0.2, 0) is 0 Å². The van der Waals surface area contributed by atoms with Gasteiger partial charge < -0.3 is 15.9 Å². The highest BCUT2D eigenvalue weighted by molar-refractivity contribution is 6.13. The van der Waals surface area contributed by atoms with E-state index in [0.29, 0.717) is 48.0 Å². The summed E-state index contributed by atoms with van der Waals surface area (Å²) in [5, 5.41) is 1.59. The molecule has 0 saturated carbocycles. The van der Waals surface area contributed by atoms with Crippen molar-refractivity contribution in [2.24, 2.45) is 11.5 Å². The molecule has 0 aliphatic rings. The molecule has 29 heavy (non-hydrogen) atoms. The maximum Gasteiger partial charge on any atom is 0.182 e. The lowest BCUT2D eigenvalue weighted by Crippen LogP contribution is -2.46. The number of fused-ring (bicyclic) bond motifs is 3. The van der Waals surface area contributed by atoms with Crippen molar-refractivity contribution in [1.82, 2.24) is 0 Å². The van der Waals surface area contributed by atoms with Crippen molar-refractivity contribution in [3.05, 3.63) is 47.5 Å². The Morgan fingerprint density at radius 1 is 0.724 bits per heavy atom. The summed E-state index contributed by atoms with van der Waals surface area (Å²) in [6, 6.07) is 10.7. The second kappa shape index (κ2) is 7.73. The largest absolute Gasteiger partial charge is 0.456 e. The van der Waals surface area contributed by atoms with Crippen LogP contribution in [0.15, 0.2) is 40.8 Å². The minimum atomic E-state index is -0.879. The van der Waals surface area contributed by atoms with Gasteiger partial charge in [0.15, 0.2) is 11.6 Å². The molecule has 0 spiro atoms. The first-order chi connectivity index (χ1) is 13.7. The van der Waals surface area contributed by atoms with Gasteiger partial charge in [0.1, 0.15) is 11.2 Å². The molecule has 0 aliphatic heterocycles. The number of carbonyl (C=O) groups excluding carboxylic acids is 2. The quantitative estimate of drug-likeness (QED) is 0.525. The van der Waals surface area contributed by atoms with Gasteiger partial charge in [0, 0.05) is 21.9 Å². The van der Waals surface area contributed by atoms with E-state index in [0.717, 1.165) is 10.8 Å². The monoisotopic (exact) mass is 394 g/mol. The molecule has 0 aliphatic carbocycles. The van der Waals surface area contributed by atoms with Gasteiger partial charge in [-0.2, -0.15) is 0 Å². The molecule has 5 nitrogen and oxygen atoms in total. The minimum Gasteiger partial charge on any atom is -0.456 e. The molecule has 0 unspecified atom stereocenters. The first-order valence-corrected chi connectivity index (χ1v) is 10.4. The Balaban J connectivity index is 2.14. The molecular formula is C24H30N2O3. The lowest BCUT2D eigenvalue weighted by Gasteiger charge is -2.25. The fraction of sp³-hybridized carbons (Fsp3) is 0.417. The number of furan rings is 1. The number of carbonyl (C=O) groups is 2. The summed E-state index contributed by atoms with van der Waals surface area (Å²) in [5.74, 6) is -0.159. The van der Waals surface area contributed by atoms with E-state index in [1.54, 1.807) is 24.3 Å². The molecule has 1 heterocycles. The smallest absolute Gasteiger partial charge is 0.182 e. The normalized spacial score (nSPS) is 12.6. The third-order valence-electron chi connectivity index (χ3n) is 6.42. The summed E-state index contributed by atoms with van der Waals surface area (Å²) < 4.78 is 5.91. The highest BCUT2D eigenvalue weighted by Crippen LogP contribution is 2.32. The summed E-state index contributed by atoms with van der Waals surface area (Å²) in [6.07, 6.45) is 2.27. The van der Waals surface area contributed by atoms with Gasteiger partial charge in [-0.1, -0.05) is 27.7 Å². The van der Waals surface area contributed by atoms with Gasteiger partial charge in [0.25, 0.3) is 0 Å². The number of hydrogen-bond acceptors (Lipinski definition) is 5. The van der Waals surface area contributed by atoms with Crippen molar-refractivity contribution in [3.63, 3.8) is 0 Å². The fourth-order valence-electron chi connectivity index (χ4n) is 3.78. The zero-order valence-electron chi connectivity index (χ0n) is 17.7. The molecule has 154 valence electrons. The van der Waals surface area contributed by atoms with E-state index in [1.807, 2.05) is 39.8 Å². The van der Waals surface area contributed by atoms with E-state index in [4.69, 9.17) is 15.9 Å². The van der Waals surface area contributed by atoms with Crippen molar-refractivity contribution in [3.8, 4) is 0 Å². The van der Waals surface area contributed by atoms with Gasteiger partial charge in [-0.05, 0) is 62.1 Å². The van der Waals surface area contributed by atoms with Gasteiger partial charge in [-0.25, -0.2) is 0 Å². The zero-order valence-corrected chi connectivity index (χ0v) is 17.7. The topological polar surface area (TPSA) is 99.3 Å². The molecule has 3 aromatic rings. The number of benzene rings is 2. The highest BCUT2D eigenvalue weighted by Gasteiger charge is 2.32. The molecular weight excluding hydrogens is 364 g/mol. The van der Waals surface area contributed by atoms with E-state index in [2.05, 4.69) is 0 Å². The van der Waals surface area contributed by atoms with Crippen molar-refractivity contribution >= 4 is 33.5 Å². The van der Waals surface area contributed by atoms with Crippen LogP contribution in [0.4, 0.5) is 0 Å². The molecule has 2 aromatic carbocycles. The molecule has 0 saturated heterocycles. The van der Waals surface area contributed by atoms with E-state index < -0.39 is 11.1 Å². The third kappa shape index (κ3) is 3.49. The molecule has 0 amide bonds. The predicted molar refractivity (Wildman–Crippen MR) is 117 cm³/mol. The maximum absolute atomic E-state index is 13.0. The van der Waals surface area contributed by atoms with E-state index in [9.17, 15) is 9.59 Å². The van der Waals surface area contributed by atoms with Crippen LogP contribution in [0.3, 0.4) is 0 Å². The van der Waals surface area contributed by atoms with Crippen molar-refractivity contribution in [1.29, 1.82) is 0 Å². The van der Waals surface area contributed by atoms with Crippen LogP contribution < -0.4 is 11.5 Å². The average molecular weight is 395 g/mol. The number of nitrogens with two attached hydrogens (primary N) is 2. The first kappa shape index (κ1) is 21.2. The molecule has 1 aromatic heterocycles. The molecule has 4 N–H and O–H groups in total. The zero-order chi connectivity index (χ0) is 21.4. The second-order valence-corrected chi connectivity index (χ2v) is 7.91. The molecule has 5 heteroatoms. The second-order valence-electron chi connectivity index (χ2n) is 7.91. The number of ketones is 2. The Kier molecular flexibility index (Phi) is 5.65. The van der Waals surface area contributed by atoms with Gasteiger partial charge in [-0.3, -0.25) is 9.59 Å². The highest BCUT2D eigenvalue weighted by atomic mass is 16.3. The maximum atomic E-state index is 13.0. The Hall–Kier alpha value is -2.50. The molecule has 0 radical (unpaired) electrons. The van der Waals surface area contributed by atoms with E-state index in [-0.39, 0.29) is 11.6 Å². The summed E-state index contributed by atoms with van der Waals surface area (Å²) in [4.78, 5) is 26.0. The van der Waals surface area contributed by atoms with Crippen molar-refractivity contribution in [2.45, 2.75) is 64.5 Å². The van der Waals surface area contributed by atoms with Crippen LogP contribution in [0.5, 0.6) is 0 Å². The summed E-state index contributed by atoms with van der Waals surface area (Å²) in [7, 11) is 0. The lowest BCUT2D eigenvalue weighted by molar-refractivity contribution is 0.0873. The van der Waals surface area contributed by atoms with Gasteiger partial charge >= 0.3 is 0 Å². The first-order valence-electron chi connectivity index (χ1n) is 10.4. The summed E-state index contributed by atoms with van der Waals surface area (Å²) in [6.45, 7) is 7.69. The average Bonchev–Trinajstić information content (AvgIpc) is 3.13.